The molecule has 6 heteroatoms. The summed E-state index contributed by atoms with van der Waals surface area (Å²) >= 11 is 0. The number of fused-ring (bicyclic) bond motifs is 4. The van der Waals surface area contributed by atoms with Crippen LogP contribution in [0.5, 0.6) is 0 Å². The van der Waals surface area contributed by atoms with Crippen molar-refractivity contribution in [1.29, 1.82) is 0 Å². The Bertz CT molecular complexity index is 1100. The highest BCUT2D eigenvalue weighted by atomic mass is 16.3. The van der Waals surface area contributed by atoms with Gasteiger partial charge in [0.05, 0.1) is 5.69 Å². The molecule has 2 aliphatic rings. The van der Waals surface area contributed by atoms with Crippen LogP contribution in [0.2, 0.25) is 0 Å². The molecule has 0 saturated carbocycles. The first-order valence-electron chi connectivity index (χ1n) is 7.02. The molecule has 6 nitrogen and oxygen atoms in total. The van der Waals surface area contributed by atoms with E-state index < -0.39 is 0 Å². The van der Waals surface area contributed by atoms with E-state index in [1.165, 1.54) is 13.0 Å². The van der Waals surface area contributed by atoms with Gasteiger partial charge in [0.1, 0.15) is 5.69 Å². The number of nitrogens with one attached hydrogen (secondary N) is 1. The Balaban J connectivity index is 2.20. The number of carbonyl (C=O) groups is 1. The van der Waals surface area contributed by atoms with Crippen molar-refractivity contribution in [2.24, 2.45) is 0 Å². The molecule has 0 unspecified atom stereocenters. The average Bonchev–Trinajstić information content (AvgIpc) is 2.53. The van der Waals surface area contributed by atoms with Gasteiger partial charge in [0.15, 0.2) is 22.4 Å². The molecule has 1 aromatic heterocycles. The topological polar surface area (TPSA) is 85.1 Å². The summed E-state index contributed by atoms with van der Waals surface area (Å²) in [6.45, 7) is 1.41. The van der Waals surface area contributed by atoms with Crippen LogP contribution in [0.3, 0.4) is 0 Å². The summed E-state index contributed by atoms with van der Waals surface area (Å²) in [4.78, 5) is 32.5. The van der Waals surface area contributed by atoms with Gasteiger partial charge in [0, 0.05) is 30.0 Å². The van der Waals surface area contributed by atoms with Crippen LogP contribution in [0.25, 0.3) is 33.5 Å². The van der Waals surface area contributed by atoms with E-state index in [1.807, 2.05) is 0 Å². The van der Waals surface area contributed by atoms with Gasteiger partial charge >= 0.3 is 0 Å². The van der Waals surface area contributed by atoms with E-state index in [-0.39, 0.29) is 11.3 Å². The Labute approximate surface area is 130 Å². The SMILES string of the molecule is CC(=O)Nc1cccc2c(=O)cc3oc4cccnc4nc-3c12. The van der Waals surface area contributed by atoms with Crippen molar-refractivity contribution in [3.05, 3.63) is 52.8 Å². The van der Waals surface area contributed by atoms with Crippen molar-refractivity contribution in [2.45, 2.75) is 6.92 Å². The number of pyridine rings is 1. The lowest BCUT2D eigenvalue weighted by Crippen LogP contribution is -2.10. The molecule has 23 heavy (non-hydrogen) atoms. The van der Waals surface area contributed by atoms with Gasteiger partial charge in [-0.15, -0.1) is 0 Å². The fourth-order valence-electron chi connectivity index (χ4n) is 2.65. The molecule has 0 spiro atoms. The normalized spacial score (nSPS) is 11.2. The van der Waals surface area contributed by atoms with Crippen LogP contribution < -0.4 is 10.7 Å². The Morgan fingerprint density at radius 1 is 1.22 bits per heavy atom. The fraction of sp³-hybridized carbons (Fsp3) is 0.0588. The molecule has 2 aromatic rings. The smallest absolute Gasteiger partial charge is 0.221 e. The number of benzene rings is 2. The summed E-state index contributed by atoms with van der Waals surface area (Å²) in [5, 5.41) is 3.77. The predicted octanol–water partition coefficient (Wildman–Crippen LogP) is 2.80. The Hall–Kier alpha value is -3.28. The lowest BCUT2D eigenvalue weighted by molar-refractivity contribution is -0.114. The Morgan fingerprint density at radius 3 is 2.91 bits per heavy atom. The van der Waals surface area contributed by atoms with Crippen molar-refractivity contribution in [2.75, 3.05) is 5.32 Å². The van der Waals surface area contributed by atoms with Crippen LogP contribution in [0.15, 0.2) is 51.8 Å². The molecule has 112 valence electrons. The molecule has 1 N–H and O–H groups in total. The van der Waals surface area contributed by atoms with Gasteiger partial charge in [0.25, 0.3) is 0 Å². The van der Waals surface area contributed by atoms with Crippen molar-refractivity contribution in [1.82, 2.24) is 9.97 Å². The Morgan fingerprint density at radius 2 is 2.09 bits per heavy atom. The van der Waals surface area contributed by atoms with E-state index in [9.17, 15) is 9.59 Å². The molecule has 1 aliphatic carbocycles. The van der Waals surface area contributed by atoms with Crippen molar-refractivity contribution < 1.29 is 9.21 Å². The number of nitrogens with zero attached hydrogens (tertiary/aromatic N) is 2. The fourth-order valence-corrected chi connectivity index (χ4v) is 2.65. The molecule has 0 bridgehead atoms. The quantitative estimate of drug-likeness (QED) is 0.432. The monoisotopic (exact) mass is 305 g/mol. The molecular formula is C17H11N3O3. The van der Waals surface area contributed by atoms with Crippen molar-refractivity contribution >= 4 is 33.6 Å². The number of amides is 1. The standard InChI is InChI=1S/C17H11N3O3/c1-9(21)19-11-5-2-4-10-12(22)8-14-16(15(10)11)20-17-13(23-14)6-3-7-18-17/h2-8H,1H3,(H,19,21). The number of hydrogen-bond donors (Lipinski definition) is 1. The van der Waals surface area contributed by atoms with Crippen LogP contribution in [0.1, 0.15) is 6.92 Å². The first kappa shape index (κ1) is 13.4. The van der Waals surface area contributed by atoms with E-state index in [0.29, 0.717) is 39.1 Å². The number of hydrogen-bond acceptors (Lipinski definition) is 5. The van der Waals surface area contributed by atoms with E-state index >= 15 is 0 Å². The van der Waals surface area contributed by atoms with Gasteiger partial charge in [-0.25, -0.2) is 9.97 Å². The van der Waals surface area contributed by atoms with E-state index in [4.69, 9.17) is 4.42 Å². The molecule has 0 fully saturated rings. The number of carbonyl (C=O) groups excluding carboxylic acids is 1. The number of aromatic nitrogens is 2. The van der Waals surface area contributed by atoms with Crippen LogP contribution in [0, 0.1) is 0 Å². The summed E-state index contributed by atoms with van der Waals surface area (Å²) in [6, 6.07) is 10.0. The van der Waals surface area contributed by atoms with Gasteiger partial charge in [0.2, 0.25) is 5.91 Å². The maximum absolute atomic E-state index is 12.4. The highest BCUT2D eigenvalue weighted by Crippen LogP contribution is 2.33. The maximum Gasteiger partial charge on any atom is 0.221 e. The van der Waals surface area contributed by atoms with Gasteiger partial charge < -0.3 is 9.73 Å². The first-order chi connectivity index (χ1) is 11.1. The minimum Gasteiger partial charge on any atom is -0.451 e. The second kappa shape index (κ2) is 4.88. The molecule has 1 aliphatic heterocycles. The third kappa shape index (κ3) is 2.12. The molecule has 4 rings (SSSR count). The third-order valence-corrected chi connectivity index (χ3v) is 3.56. The molecule has 0 radical (unpaired) electrons. The van der Waals surface area contributed by atoms with Gasteiger partial charge in [-0.1, -0.05) is 12.1 Å². The minimum atomic E-state index is -0.224. The second-order valence-corrected chi connectivity index (χ2v) is 5.17. The molecule has 1 aromatic carbocycles. The second-order valence-electron chi connectivity index (χ2n) is 5.17. The molecule has 0 saturated heterocycles. The van der Waals surface area contributed by atoms with Crippen LogP contribution >= 0.6 is 0 Å². The highest BCUT2D eigenvalue weighted by Gasteiger charge is 2.18. The predicted molar refractivity (Wildman–Crippen MR) is 86.5 cm³/mol. The maximum atomic E-state index is 12.4. The van der Waals surface area contributed by atoms with Crippen LogP contribution in [0.4, 0.5) is 5.69 Å². The minimum absolute atomic E-state index is 0.187. The van der Waals surface area contributed by atoms with Crippen molar-refractivity contribution in [3.63, 3.8) is 0 Å². The molecular weight excluding hydrogens is 294 g/mol. The first-order valence-corrected chi connectivity index (χ1v) is 7.02. The highest BCUT2D eigenvalue weighted by molar-refractivity contribution is 6.08. The van der Waals surface area contributed by atoms with Gasteiger partial charge in [-0.05, 0) is 18.2 Å². The number of anilines is 1. The van der Waals surface area contributed by atoms with E-state index in [2.05, 4.69) is 15.3 Å². The zero-order valence-electron chi connectivity index (χ0n) is 12.2. The zero-order chi connectivity index (χ0) is 16.0. The van der Waals surface area contributed by atoms with E-state index in [0.717, 1.165) is 0 Å². The lowest BCUT2D eigenvalue weighted by atomic mass is 10.0. The largest absolute Gasteiger partial charge is 0.451 e. The number of rotatable bonds is 1. The summed E-state index contributed by atoms with van der Waals surface area (Å²) in [5.41, 5.74) is 1.77. The van der Waals surface area contributed by atoms with E-state index in [1.54, 1.807) is 36.5 Å². The summed E-state index contributed by atoms with van der Waals surface area (Å²) in [5.74, 6) is 0.138. The average molecular weight is 305 g/mol. The molecule has 2 heterocycles. The summed E-state index contributed by atoms with van der Waals surface area (Å²) < 4.78 is 5.76. The Kier molecular flexibility index (Phi) is 2.84. The third-order valence-electron chi connectivity index (χ3n) is 3.56. The summed E-state index contributed by atoms with van der Waals surface area (Å²) in [7, 11) is 0. The van der Waals surface area contributed by atoms with Crippen LogP contribution in [-0.4, -0.2) is 15.9 Å². The van der Waals surface area contributed by atoms with Crippen molar-refractivity contribution in [3.8, 4) is 11.5 Å². The van der Waals surface area contributed by atoms with Gasteiger partial charge in [-0.3, -0.25) is 9.59 Å². The lowest BCUT2D eigenvalue weighted by Gasteiger charge is -2.12. The molecule has 0 atom stereocenters. The zero-order valence-corrected chi connectivity index (χ0v) is 12.2. The molecule has 1 amide bonds. The van der Waals surface area contributed by atoms with Crippen LogP contribution in [-0.2, 0) is 4.79 Å². The summed E-state index contributed by atoms with van der Waals surface area (Å²) in [6.07, 6.45) is 1.62. The van der Waals surface area contributed by atoms with Gasteiger partial charge in [-0.2, -0.15) is 0 Å².